The Labute approximate surface area is 132 Å². The summed E-state index contributed by atoms with van der Waals surface area (Å²) in [6.07, 6.45) is 4.04. The molecular weight excluding hydrogens is 304 g/mol. The summed E-state index contributed by atoms with van der Waals surface area (Å²) in [4.78, 5) is 20.7. The van der Waals surface area contributed by atoms with Crippen LogP contribution in [0.3, 0.4) is 0 Å². The molecule has 1 saturated heterocycles. The highest BCUT2D eigenvalue weighted by molar-refractivity contribution is 7.80. The van der Waals surface area contributed by atoms with Crippen LogP contribution in [-0.2, 0) is 11.3 Å². The van der Waals surface area contributed by atoms with Crippen LogP contribution in [0.15, 0.2) is 18.3 Å². The number of rotatable bonds is 5. The number of carbonyl (C=O) groups excluding carboxylic acids is 1. The summed E-state index contributed by atoms with van der Waals surface area (Å²) < 4.78 is 23.3. The molecule has 22 heavy (non-hydrogen) atoms. The van der Waals surface area contributed by atoms with Gasteiger partial charge in [-0.1, -0.05) is 0 Å². The van der Waals surface area contributed by atoms with Crippen molar-refractivity contribution in [3.63, 3.8) is 0 Å². The standard InChI is InChI=1S/C14H20N4O3S/c19-14(13-4-3-12(9-15-13)16-22(20)21)18-7-5-17(6-8-18)10-11-1-2-11/h3-4,9,11,16H,1-2,5-8,10H2,(H,20,21)/p-1. The number of hydrogen-bond donors (Lipinski definition) is 1. The molecule has 1 atom stereocenters. The van der Waals surface area contributed by atoms with Crippen LogP contribution in [0.25, 0.3) is 0 Å². The highest BCUT2D eigenvalue weighted by Crippen LogP contribution is 2.29. The van der Waals surface area contributed by atoms with E-state index in [1.54, 1.807) is 12.1 Å². The van der Waals surface area contributed by atoms with Gasteiger partial charge in [-0.2, -0.15) is 0 Å². The predicted molar refractivity (Wildman–Crippen MR) is 81.8 cm³/mol. The number of amides is 1. The summed E-state index contributed by atoms with van der Waals surface area (Å²) in [5.41, 5.74) is 0.692. The van der Waals surface area contributed by atoms with E-state index in [-0.39, 0.29) is 5.91 Å². The second kappa shape index (κ2) is 6.72. The van der Waals surface area contributed by atoms with Gasteiger partial charge < -0.3 is 14.2 Å². The molecule has 1 aliphatic heterocycles. The predicted octanol–water partition coefficient (Wildman–Crippen LogP) is 0.455. The van der Waals surface area contributed by atoms with Gasteiger partial charge in [0.1, 0.15) is 5.69 Å². The maximum absolute atomic E-state index is 12.4. The molecule has 7 nitrogen and oxygen atoms in total. The Morgan fingerprint density at radius 1 is 1.32 bits per heavy atom. The zero-order chi connectivity index (χ0) is 15.5. The maximum atomic E-state index is 12.4. The Hall–Kier alpha value is -1.51. The fourth-order valence-electron chi connectivity index (χ4n) is 2.64. The fraction of sp³-hybridized carbons (Fsp3) is 0.571. The van der Waals surface area contributed by atoms with Crippen molar-refractivity contribution in [1.29, 1.82) is 0 Å². The normalized spacial score (nSPS) is 20.7. The number of piperazine rings is 1. The minimum Gasteiger partial charge on any atom is -0.755 e. The van der Waals surface area contributed by atoms with Gasteiger partial charge in [0.25, 0.3) is 5.91 Å². The van der Waals surface area contributed by atoms with Crippen LogP contribution >= 0.6 is 0 Å². The van der Waals surface area contributed by atoms with Crippen LogP contribution in [0, 0.1) is 5.92 Å². The van der Waals surface area contributed by atoms with Gasteiger partial charge in [0.2, 0.25) is 0 Å². The molecule has 120 valence electrons. The zero-order valence-electron chi connectivity index (χ0n) is 12.2. The highest BCUT2D eigenvalue weighted by atomic mass is 32.2. The fourth-order valence-corrected chi connectivity index (χ4v) is 2.95. The van der Waals surface area contributed by atoms with Gasteiger partial charge in [-0.05, 0) is 30.9 Å². The molecule has 2 aliphatic rings. The zero-order valence-corrected chi connectivity index (χ0v) is 13.1. The second-order valence-corrected chi connectivity index (χ2v) is 6.48. The summed E-state index contributed by atoms with van der Waals surface area (Å²) >= 11 is -2.38. The van der Waals surface area contributed by atoms with Gasteiger partial charge in [0.05, 0.1) is 11.9 Å². The average molecular weight is 323 g/mol. The molecule has 0 bridgehead atoms. The first kappa shape index (κ1) is 15.4. The first-order valence-electron chi connectivity index (χ1n) is 7.45. The van der Waals surface area contributed by atoms with E-state index in [0.717, 1.165) is 38.6 Å². The van der Waals surface area contributed by atoms with Crippen molar-refractivity contribution < 1.29 is 13.6 Å². The molecule has 0 aromatic carbocycles. The van der Waals surface area contributed by atoms with Crippen LogP contribution in [0.4, 0.5) is 5.69 Å². The lowest BCUT2D eigenvalue weighted by Gasteiger charge is -2.34. The minimum absolute atomic E-state index is 0.0964. The number of hydrogen-bond acceptors (Lipinski definition) is 5. The SMILES string of the molecule is O=C(c1ccc(NS(=O)[O-])cn1)N1CCN(CC2CC2)CC1. The maximum Gasteiger partial charge on any atom is 0.272 e. The summed E-state index contributed by atoms with van der Waals surface area (Å²) in [6.45, 7) is 4.43. The molecule has 2 heterocycles. The number of pyridine rings is 1. The van der Waals surface area contributed by atoms with E-state index in [9.17, 15) is 13.6 Å². The molecule has 0 radical (unpaired) electrons. The van der Waals surface area contributed by atoms with Crippen LogP contribution in [0.2, 0.25) is 0 Å². The van der Waals surface area contributed by atoms with Gasteiger partial charge in [0, 0.05) is 44.0 Å². The molecule has 1 unspecified atom stereocenters. The molecule has 0 spiro atoms. The Balaban J connectivity index is 1.53. The minimum atomic E-state index is -2.38. The Bertz CT molecular complexity index is 554. The Morgan fingerprint density at radius 3 is 2.59 bits per heavy atom. The van der Waals surface area contributed by atoms with Crippen LogP contribution in [0.5, 0.6) is 0 Å². The molecule has 8 heteroatoms. The Morgan fingerprint density at radius 2 is 2.05 bits per heavy atom. The van der Waals surface area contributed by atoms with E-state index < -0.39 is 11.3 Å². The van der Waals surface area contributed by atoms with Crippen molar-refractivity contribution in [2.45, 2.75) is 12.8 Å². The van der Waals surface area contributed by atoms with Gasteiger partial charge >= 0.3 is 0 Å². The molecule has 2 fully saturated rings. The molecule has 1 aliphatic carbocycles. The quantitative estimate of drug-likeness (QED) is 0.795. The highest BCUT2D eigenvalue weighted by Gasteiger charge is 2.28. The van der Waals surface area contributed by atoms with Crippen molar-refractivity contribution in [3.05, 3.63) is 24.0 Å². The molecule has 1 aromatic rings. The monoisotopic (exact) mass is 323 g/mol. The number of nitrogens with zero attached hydrogens (tertiary/aromatic N) is 3. The molecule has 1 saturated carbocycles. The summed E-state index contributed by atoms with van der Waals surface area (Å²) in [6, 6.07) is 3.09. The van der Waals surface area contributed by atoms with Gasteiger partial charge in [-0.15, -0.1) is 0 Å². The van der Waals surface area contributed by atoms with E-state index in [4.69, 9.17) is 0 Å². The third-order valence-electron chi connectivity index (χ3n) is 4.06. The van der Waals surface area contributed by atoms with Crippen molar-refractivity contribution in [3.8, 4) is 0 Å². The molecule has 1 amide bonds. The first-order valence-corrected chi connectivity index (χ1v) is 8.53. The number of aromatic nitrogens is 1. The van der Waals surface area contributed by atoms with Crippen LogP contribution < -0.4 is 4.72 Å². The smallest absolute Gasteiger partial charge is 0.272 e. The molecule has 1 N–H and O–H groups in total. The van der Waals surface area contributed by atoms with Gasteiger partial charge in [-0.3, -0.25) is 13.9 Å². The van der Waals surface area contributed by atoms with Crippen molar-refractivity contribution in [2.24, 2.45) is 5.92 Å². The molecule has 3 rings (SSSR count). The Kier molecular flexibility index (Phi) is 4.70. The molecule has 1 aromatic heterocycles. The number of anilines is 1. The first-order chi connectivity index (χ1) is 10.6. The second-order valence-electron chi connectivity index (χ2n) is 5.81. The lowest BCUT2D eigenvalue weighted by atomic mass is 10.2. The van der Waals surface area contributed by atoms with E-state index in [0.29, 0.717) is 11.4 Å². The van der Waals surface area contributed by atoms with E-state index in [1.807, 2.05) is 4.90 Å². The van der Waals surface area contributed by atoms with E-state index in [1.165, 1.54) is 19.0 Å². The molecular formula is C14H19N4O3S-. The van der Waals surface area contributed by atoms with Crippen molar-refractivity contribution in [2.75, 3.05) is 37.4 Å². The van der Waals surface area contributed by atoms with Gasteiger partial charge in [-0.25, -0.2) is 4.98 Å². The third-order valence-corrected chi connectivity index (χ3v) is 4.46. The van der Waals surface area contributed by atoms with Crippen LogP contribution in [-0.4, -0.2) is 62.2 Å². The summed E-state index contributed by atoms with van der Waals surface area (Å²) in [5, 5.41) is 0. The van der Waals surface area contributed by atoms with Crippen LogP contribution in [0.1, 0.15) is 23.3 Å². The largest absolute Gasteiger partial charge is 0.755 e. The lowest BCUT2D eigenvalue weighted by Crippen LogP contribution is -2.49. The third kappa shape index (κ3) is 4.02. The van der Waals surface area contributed by atoms with Crippen molar-refractivity contribution in [1.82, 2.24) is 14.8 Å². The average Bonchev–Trinajstić information content (AvgIpc) is 3.31. The van der Waals surface area contributed by atoms with Crippen molar-refractivity contribution >= 4 is 22.9 Å². The topological polar surface area (TPSA) is 88.6 Å². The van der Waals surface area contributed by atoms with Gasteiger partial charge in [0.15, 0.2) is 0 Å². The van der Waals surface area contributed by atoms with E-state index >= 15 is 0 Å². The number of nitrogens with one attached hydrogen (secondary N) is 1. The number of carbonyl (C=O) groups is 1. The summed E-state index contributed by atoms with van der Waals surface area (Å²) in [5.74, 6) is 0.774. The summed E-state index contributed by atoms with van der Waals surface area (Å²) in [7, 11) is 0. The lowest BCUT2D eigenvalue weighted by molar-refractivity contribution is 0.0626. The van der Waals surface area contributed by atoms with E-state index in [2.05, 4.69) is 14.6 Å².